The predicted octanol–water partition coefficient (Wildman–Crippen LogP) is 1.07. The largest absolute Gasteiger partial charge is 0.341 e. The summed E-state index contributed by atoms with van der Waals surface area (Å²) in [7, 11) is -3.44. The first kappa shape index (κ1) is 18.6. The van der Waals surface area contributed by atoms with E-state index < -0.39 is 21.5 Å². The van der Waals surface area contributed by atoms with Crippen molar-refractivity contribution in [2.45, 2.75) is 38.1 Å². The molecule has 6 nitrogen and oxygen atoms in total. The fraction of sp³-hybridized carbons (Fsp3) is 0.529. The molecule has 1 fully saturated rings. The highest BCUT2D eigenvalue weighted by Crippen LogP contribution is 2.36. The van der Waals surface area contributed by atoms with Crippen molar-refractivity contribution in [3.8, 4) is 0 Å². The Hall–Kier alpha value is -1.73. The lowest BCUT2D eigenvalue weighted by Crippen LogP contribution is -2.53. The van der Waals surface area contributed by atoms with Gasteiger partial charge in [0.2, 0.25) is 15.9 Å². The van der Waals surface area contributed by atoms with Gasteiger partial charge in [0.25, 0.3) is 0 Å². The zero-order valence-corrected chi connectivity index (χ0v) is 15.1. The molecule has 1 N–H and O–H groups in total. The number of nitrogens with one attached hydrogen (secondary N) is 1. The van der Waals surface area contributed by atoms with Crippen LogP contribution in [0.2, 0.25) is 0 Å². The van der Waals surface area contributed by atoms with E-state index in [2.05, 4.69) is 4.72 Å². The molecule has 1 aromatic carbocycles. The molecule has 1 amide bonds. The van der Waals surface area contributed by atoms with Crippen LogP contribution in [-0.2, 0) is 25.0 Å². The molecule has 0 aliphatic carbocycles. The Labute approximate surface area is 143 Å². The van der Waals surface area contributed by atoms with Gasteiger partial charge in [-0.3, -0.25) is 9.59 Å². The first-order valence-corrected chi connectivity index (χ1v) is 9.87. The van der Waals surface area contributed by atoms with Gasteiger partial charge in [-0.2, -0.15) is 0 Å². The highest BCUT2D eigenvalue weighted by molar-refractivity contribution is 7.88. The smallest absolute Gasteiger partial charge is 0.240 e. The summed E-state index contributed by atoms with van der Waals surface area (Å²) in [6.07, 6.45) is 2.12. The van der Waals surface area contributed by atoms with Gasteiger partial charge >= 0.3 is 0 Å². The number of benzene rings is 1. The van der Waals surface area contributed by atoms with Gasteiger partial charge in [-0.25, -0.2) is 13.1 Å². The summed E-state index contributed by atoms with van der Waals surface area (Å²) in [5, 5.41) is 0. The van der Waals surface area contributed by atoms with E-state index in [4.69, 9.17) is 0 Å². The zero-order valence-electron chi connectivity index (χ0n) is 14.3. The molecule has 7 heteroatoms. The summed E-state index contributed by atoms with van der Waals surface area (Å²) < 4.78 is 24.9. The third kappa shape index (κ3) is 4.02. The number of carbonyl (C=O) groups excluding carboxylic acids is 2. The highest BCUT2D eigenvalue weighted by Gasteiger charge is 2.41. The molecule has 0 radical (unpaired) electrons. The van der Waals surface area contributed by atoms with Crippen LogP contribution in [0.1, 0.15) is 32.3 Å². The number of ketones is 1. The van der Waals surface area contributed by atoms with Crippen molar-refractivity contribution in [1.82, 2.24) is 9.62 Å². The standard InChI is InChI=1S/C17H24N2O4S/c1-13(18-24(3,22)23)16(21)19-11-9-17(10-12-19,14(2)20)15-7-5-4-6-8-15/h4-8,13,18H,9-12H2,1-3H3/t13-/m1/s1. The van der Waals surface area contributed by atoms with Crippen LogP contribution in [0.25, 0.3) is 0 Å². The van der Waals surface area contributed by atoms with E-state index in [1.54, 1.807) is 11.8 Å². The van der Waals surface area contributed by atoms with Gasteiger partial charge in [-0.05, 0) is 32.3 Å². The van der Waals surface area contributed by atoms with Gasteiger partial charge in [-0.1, -0.05) is 30.3 Å². The van der Waals surface area contributed by atoms with E-state index in [0.29, 0.717) is 25.9 Å². The van der Waals surface area contributed by atoms with Crippen LogP contribution >= 0.6 is 0 Å². The maximum Gasteiger partial charge on any atom is 0.240 e. The molecule has 1 aromatic rings. The molecule has 2 rings (SSSR count). The summed E-state index contributed by atoms with van der Waals surface area (Å²) in [4.78, 5) is 26.4. The maximum atomic E-state index is 12.4. The Bertz CT molecular complexity index is 707. The highest BCUT2D eigenvalue weighted by atomic mass is 32.2. The van der Waals surface area contributed by atoms with Gasteiger partial charge in [0, 0.05) is 13.1 Å². The Morgan fingerprint density at radius 3 is 2.17 bits per heavy atom. The molecule has 0 saturated carbocycles. The third-order valence-electron chi connectivity index (χ3n) is 4.69. The van der Waals surface area contributed by atoms with Gasteiger partial charge in [0.15, 0.2) is 0 Å². The van der Waals surface area contributed by atoms with E-state index in [1.807, 2.05) is 30.3 Å². The molecular weight excluding hydrogens is 328 g/mol. The second-order valence-electron chi connectivity index (χ2n) is 6.44. The lowest BCUT2D eigenvalue weighted by Gasteiger charge is -2.41. The second kappa shape index (κ2) is 7.03. The van der Waals surface area contributed by atoms with Crippen LogP contribution in [0, 0.1) is 0 Å². The Morgan fingerprint density at radius 2 is 1.71 bits per heavy atom. The van der Waals surface area contributed by atoms with Gasteiger partial charge in [0.05, 0.1) is 17.7 Å². The monoisotopic (exact) mass is 352 g/mol. The van der Waals surface area contributed by atoms with Crippen LogP contribution in [-0.4, -0.2) is 50.4 Å². The molecule has 1 aliphatic rings. The molecule has 0 unspecified atom stereocenters. The number of nitrogens with zero attached hydrogens (tertiary/aromatic N) is 1. The van der Waals surface area contributed by atoms with Crippen LogP contribution in [0.4, 0.5) is 0 Å². The average molecular weight is 352 g/mol. The number of hydrogen-bond donors (Lipinski definition) is 1. The van der Waals surface area contributed by atoms with E-state index in [9.17, 15) is 18.0 Å². The normalized spacial score (nSPS) is 18.9. The number of piperidine rings is 1. The zero-order chi connectivity index (χ0) is 18.0. The number of likely N-dealkylation sites (tertiary alicyclic amines) is 1. The molecule has 0 spiro atoms. The van der Waals surface area contributed by atoms with Crippen molar-refractivity contribution in [1.29, 1.82) is 0 Å². The molecule has 1 saturated heterocycles. The van der Waals surface area contributed by atoms with E-state index in [-0.39, 0.29) is 11.7 Å². The van der Waals surface area contributed by atoms with Crippen LogP contribution < -0.4 is 4.72 Å². The molecule has 1 atom stereocenters. The molecular formula is C17H24N2O4S. The van der Waals surface area contributed by atoms with Crippen LogP contribution in [0.5, 0.6) is 0 Å². The van der Waals surface area contributed by atoms with Gasteiger partial charge in [-0.15, -0.1) is 0 Å². The Kier molecular flexibility index (Phi) is 5.45. The van der Waals surface area contributed by atoms with E-state index in [0.717, 1.165) is 11.8 Å². The third-order valence-corrected chi connectivity index (χ3v) is 5.47. The maximum absolute atomic E-state index is 12.4. The summed E-state index contributed by atoms with van der Waals surface area (Å²) in [5.74, 6) is -0.159. The first-order valence-electron chi connectivity index (χ1n) is 7.98. The lowest BCUT2D eigenvalue weighted by atomic mass is 9.70. The Morgan fingerprint density at radius 1 is 1.17 bits per heavy atom. The summed E-state index contributed by atoms with van der Waals surface area (Å²) in [5.41, 5.74) is 0.415. The summed E-state index contributed by atoms with van der Waals surface area (Å²) in [6, 6.07) is 8.83. The quantitative estimate of drug-likeness (QED) is 0.859. The number of carbonyl (C=O) groups is 2. The fourth-order valence-corrected chi connectivity index (χ4v) is 4.10. The molecule has 24 heavy (non-hydrogen) atoms. The number of sulfonamides is 1. The molecule has 1 aliphatic heterocycles. The SMILES string of the molecule is CC(=O)C1(c2ccccc2)CCN(C(=O)[C@@H](C)NS(C)(=O)=O)CC1. The number of amides is 1. The summed E-state index contributed by atoms with van der Waals surface area (Å²) in [6.45, 7) is 4.00. The summed E-state index contributed by atoms with van der Waals surface area (Å²) >= 11 is 0. The van der Waals surface area contributed by atoms with Crippen molar-refractivity contribution in [3.63, 3.8) is 0 Å². The van der Waals surface area contributed by atoms with Crippen LogP contribution in [0.15, 0.2) is 30.3 Å². The van der Waals surface area contributed by atoms with Crippen molar-refractivity contribution < 1.29 is 18.0 Å². The fourth-order valence-electron chi connectivity index (χ4n) is 3.36. The van der Waals surface area contributed by atoms with Crippen molar-refractivity contribution in [2.75, 3.05) is 19.3 Å². The Balaban J connectivity index is 2.11. The van der Waals surface area contributed by atoms with Crippen LogP contribution in [0.3, 0.4) is 0 Å². The van der Waals surface area contributed by atoms with Gasteiger partial charge < -0.3 is 4.90 Å². The number of hydrogen-bond acceptors (Lipinski definition) is 4. The average Bonchev–Trinajstić information content (AvgIpc) is 2.53. The van der Waals surface area contributed by atoms with Gasteiger partial charge in [0.1, 0.15) is 5.78 Å². The molecule has 132 valence electrons. The van der Waals surface area contributed by atoms with E-state index in [1.165, 1.54) is 6.92 Å². The first-order chi connectivity index (χ1) is 11.2. The van der Waals surface area contributed by atoms with Crippen molar-refractivity contribution >= 4 is 21.7 Å². The van der Waals surface area contributed by atoms with Crippen molar-refractivity contribution in [2.24, 2.45) is 0 Å². The number of rotatable bonds is 5. The van der Waals surface area contributed by atoms with E-state index >= 15 is 0 Å². The lowest BCUT2D eigenvalue weighted by molar-refractivity contribution is -0.136. The minimum Gasteiger partial charge on any atom is -0.341 e. The minimum atomic E-state index is -3.44. The molecule has 0 aromatic heterocycles. The second-order valence-corrected chi connectivity index (χ2v) is 8.22. The predicted molar refractivity (Wildman–Crippen MR) is 92.1 cm³/mol. The minimum absolute atomic E-state index is 0.100. The molecule has 1 heterocycles. The molecule has 0 bridgehead atoms. The van der Waals surface area contributed by atoms with Crippen molar-refractivity contribution in [3.05, 3.63) is 35.9 Å². The topological polar surface area (TPSA) is 83.6 Å². The number of Topliss-reactive ketones (excluding diaryl/α,β-unsaturated/α-hetero) is 1.